The van der Waals surface area contributed by atoms with Gasteiger partial charge in [0, 0.05) is 6.42 Å². The fourth-order valence-corrected chi connectivity index (χ4v) is 4.10. The van der Waals surface area contributed by atoms with Crippen LogP contribution in [-0.2, 0) is 19.1 Å². The number of carbonyl (C=O) groups excluding carboxylic acids is 2. The van der Waals surface area contributed by atoms with Crippen molar-refractivity contribution >= 4 is 46.1 Å². The number of carbonyl (C=O) groups is 2. The summed E-state index contributed by atoms with van der Waals surface area (Å²) in [7, 11) is 0. The molecular formula is C36H38N6O6. The second-order valence-corrected chi connectivity index (χ2v) is 10.3. The third-order valence-electron chi connectivity index (χ3n) is 6.55. The highest BCUT2D eigenvalue weighted by molar-refractivity contribution is 5.71. The van der Waals surface area contributed by atoms with Gasteiger partial charge in [-0.15, -0.1) is 0 Å². The van der Waals surface area contributed by atoms with Crippen molar-refractivity contribution < 1.29 is 28.5 Å². The Morgan fingerprint density at radius 1 is 0.542 bits per heavy atom. The van der Waals surface area contributed by atoms with E-state index in [-0.39, 0.29) is 12.6 Å². The summed E-state index contributed by atoms with van der Waals surface area (Å²) in [6.45, 7) is 6.58. The molecule has 0 aromatic heterocycles. The molecule has 0 saturated heterocycles. The molecule has 12 nitrogen and oxygen atoms in total. The summed E-state index contributed by atoms with van der Waals surface area (Å²) in [5.74, 6) is 0.682. The molecule has 0 atom stereocenters. The Hall–Kier alpha value is -5.78. The van der Waals surface area contributed by atoms with Gasteiger partial charge in [-0.25, -0.2) is 4.79 Å². The lowest BCUT2D eigenvalue weighted by Crippen LogP contribution is -2.14. The quantitative estimate of drug-likeness (QED) is 0.0631. The molecule has 0 aliphatic heterocycles. The molecule has 0 heterocycles. The van der Waals surface area contributed by atoms with Crippen LogP contribution in [0.1, 0.15) is 38.7 Å². The predicted molar refractivity (Wildman–Crippen MR) is 181 cm³/mol. The van der Waals surface area contributed by atoms with Gasteiger partial charge in [0.05, 0.1) is 53.9 Å². The highest BCUT2D eigenvalue weighted by Gasteiger charge is 2.04. The SMILES string of the molecule is CCOC(=O)CCCCOc1ccc(N=Nc2ccc(N=Nc3ccc(N=Nc4ccc(OCC(=O)OCC)cc4)cc3)c(C)c2)cc1. The van der Waals surface area contributed by atoms with Crippen molar-refractivity contribution in [1.29, 1.82) is 0 Å². The van der Waals surface area contributed by atoms with Crippen LogP contribution >= 0.6 is 0 Å². The molecule has 4 aromatic rings. The molecule has 248 valence electrons. The largest absolute Gasteiger partial charge is 0.494 e. The second-order valence-electron chi connectivity index (χ2n) is 10.3. The van der Waals surface area contributed by atoms with Gasteiger partial charge in [-0.1, -0.05) is 0 Å². The van der Waals surface area contributed by atoms with Crippen molar-refractivity contribution in [2.45, 2.75) is 40.0 Å². The normalized spacial score (nSPS) is 11.3. The molecule has 0 N–H and O–H groups in total. The number of azo groups is 3. The number of benzene rings is 4. The van der Waals surface area contributed by atoms with E-state index in [1.54, 1.807) is 50.2 Å². The molecule has 0 amide bonds. The van der Waals surface area contributed by atoms with Crippen LogP contribution in [-0.4, -0.2) is 38.4 Å². The van der Waals surface area contributed by atoms with Gasteiger partial charge in [-0.05, 0) is 130 Å². The first-order chi connectivity index (χ1) is 23.4. The lowest BCUT2D eigenvalue weighted by Gasteiger charge is -2.06. The van der Waals surface area contributed by atoms with Crippen LogP contribution in [0.15, 0.2) is 122 Å². The van der Waals surface area contributed by atoms with Crippen LogP contribution in [0.5, 0.6) is 11.5 Å². The molecule has 0 radical (unpaired) electrons. The summed E-state index contributed by atoms with van der Waals surface area (Å²) in [5.41, 5.74) is 4.99. The Balaban J connectivity index is 1.23. The number of unbranched alkanes of at least 4 members (excludes halogenated alkanes) is 1. The van der Waals surface area contributed by atoms with Crippen LogP contribution in [0, 0.1) is 6.92 Å². The number of nitrogens with zero attached hydrogens (tertiary/aromatic N) is 6. The van der Waals surface area contributed by atoms with Crippen LogP contribution in [0.25, 0.3) is 0 Å². The zero-order chi connectivity index (χ0) is 34.0. The molecule has 0 bridgehead atoms. The summed E-state index contributed by atoms with van der Waals surface area (Å²) in [5, 5.41) is 25.9. The average Bonchev–Trinajstić information content (AvgIpc) is 3.10. The number of aryl methyl sites for hydroxylation is 1. The van der Waals surface area contributed by atoms with E-state index in [0.29, 0.717) is 60.4 Å². The maximum Gasteiger partial charge on any atom is 0.344 e. The molecule has 4 rings (SSSR count). The van der Waals surface area contributed by atoms with Crippen LogP contribution in [0.2, 0.25) is 0 Å². The minimum Gasteiger partial charge on any atom is -0.494 e. The summed E-state index contributed by atoms with van der Waals surface area (Å²) < 4.78 is 20.9. The van der Waals surface area contributed by atoms with Gasteiger partial charge >= 0.3 is 11.9 Å². The molecule has 0 aliphatic rings. The molecule has 4 aromatic carbocycles. The van der Waals surface area contributed by atoms with Gasteiger partial charge in [0.1, 0.15) is 11.5 Å². The van der Waals surface area contributed by atoms with Crippen LogP contribution in [0.3, 0.4) is 0 Å². The number of hydrogen-bond acceptors (Lipinski definition) is 12. The third-order valence-corrected chi connectivity index (χ3v) is 6.55. The Kier molecular flexibility index (Phi) is 13.9. The molecule has 0 unspecified atom stereocenters. The van der Waals surface area contributed by atoms with Crippen molar-refractivity contribution in [2.24, 2.45) is 30.7 Å². The summed E-state index contributed by atoms with van der Waals surface area (Å²) in [6.07, 6.45) is 1.90. The first-order valence-corrected chi connectivity index (χ1v) is 15.6. The minimum absolute atomic E-state index is 0.146. The fraction of sp³-hybridized carbons (Fsp3) is 0.278. The zero-order valence-electron chi connectivity index (χ0n) is 27.2. The van der Waals surface area contributed by atoms with Crippen molar-refractivity contribution in [3.05, 3.63) is 96.6 Å². The first-order valence-electron chi connectivity index (χ1n) is 15.6. The lowest BCUT2D eigenvalue weighted by atomic mass is 10.2. The van der Waals surface area contributed by atoms with Crippen molar-refractivity contribution in [1.82, 2.24) is 0 Å². The number of esters is 2. The first kappa shape index (κ1) is 35.1. The number of rotatable bonds is 17. The smallest absolute Gasteiger partial charge is 0.344 e. The van der Waals surface area contributed by atoms with E-state index in [2.05, 4.69) is 30.7 Å². The van der Waals surface area contributed by atoms with Crippen LogP contribution < -0.4 is 9.47 Å². The molecule has 48 heavy (non-hydrogen) atoms. The maximum atomic E-state index is 11.4. The highest BCUT2D eigenvalue weighted by Crippen LogP contribution is 2.29. The van der Waals surface area contributed by atoms with E-state index in [0.717, 1.165) is 29.8 Å². The standard InChI is InChI=1S/C36H38N6O6/c1-4-45-35(43)8-6-7-23-47-32-18-13-30(14-19-32)39-41-31-17-22-34(26(3)24-31)42-40-28-11-9-27(10-12-28)37-38-29-15-20-33(21-16-29)48-25-36(44)46-5-2/h9-22,24H,4-8,23,25H2,1-3H3. The summed E-state index contributed by atoms with van der Waals surface area (Å²) in [4.78, 5) is 22.8. The Labute approximate surface area is 279 Å². The van der Waals surface area contributed by atoms with Gasteiger partial charge in [-0.3, -0.25) is 4.79 Å². The summed E-state index contributed by atoms with van der Waals surface area (Å²) >= 11 is 0. The lowest BCUT2D eigenvalue weighted by molar-refractivity contribution is -0.145. The van der Waals surface area contributed by atoms with Crippen molar-refractivity contribution in [3.8, 4) is 11.5 Å². The Morgan fingerprint density at radius 2 is 1.00 bits per heavy atom. The number of hydrogen-bond donors (Lipinski definition) is 0. The van der Waals surface area contributed by atoms with E-state index < -0.39 is 5.97 Å². The maximum absolute atomic E-state index is 11.4. The van der Waals surface area contributed by atoms with Crippen molar-refractivity contribution in [2.75, 3.05) is 26.4 Å². The molecule has 0 fully saturated rings. The van der Waals surface area contributed by atoms with E-state index in [1.165, 1.54) is 0 Å². The van der Waals surface area contributed by atoms with Gasteiger partial charge in [-0.2, -0.15) is 30.7 Å². The molecule has 0 aliphatic carbocycles. The molecular weight excluding hydrogens is 612 g/mol. The Morgan fingerprint density at radius 3 is 1.54 bits per heavy atom. The topological polar surface area (TPSA) is 145 Å². The van der Waals surface area contributed by atoms with E-state index in [4.69, 9.17) is 18.9 Å². The van der Waals surface area contributed by atoms with Gasteiger partial charge in [0.15, 0.2) is 6.61 Å². The van der Waals surface area contributed by atoms with E-state index in [1.807, 2.05) is 61.5 Å². The third kappa shape index (κ3) is 12.2. The fourth-order valence-electron chi connectivity index (χ4n) is 4.10. The Bertz CT molecular complexity index is 1700. The van der Waals surface area contributed by atoms with Gasteiger partial charge in [0.25, 0.3) is 0 Å². The molecule has 12 heteroatoms. The van der Waals surface area contributed by atoms with Crippen LogP contribution in [0.4, 0.5) is 34.1 Å². The zero-order valence-corrected chi connectivity index (χ0v) is 27.2. The van der Waals surface area contributed by atoms with Crippen molar-refractivity contribution in [3.63, 3.8) is 0 Å². The van der Waals surface area contributed by atoms with Gasteiger partial charge in [0.2, 0.25) is 0 Å². The minimum atomic E-state index is -0.417. The van der Waals surface area contributed by atoms with Gasteiger partial charge < -0.3 is 18.9 Å². The van der Waals surface area contributed by atoms with E-state index >= 15 is 0 Å². The predicted octanol–water partition coefficient (Wildman–Crippen LogP) is 10.3. The summed E-state index contributed by atoms with van der Waals surface area (Å²) in [6, 6.07) is 27.1. The molecule has 0 saturated carbocycles. The van der Waals surface area contributed by atoms with E-state index in [9.17, 15) is 9.59 Å². The average molecular weight is 651 g/mol. The molecule has 0 spiro atoms. The highest BCUT2D eigenvalue weighted by atomic mass is 16.6. The second kappa shape index (κ2) is 19.0. The monoisotopic (exact) mass is 650 g/mol. The number of ether oxygens (including phenoxy) is 4.